The van der Waals surface area contributed by atoms with Crippen LogP contribution in [0.3, 0.4) is 0 Å². The molecule has 6 heterocycles. The normalized spacial score (nSPS) is 19.4. The predicted molar refractivity (Wildman–Crippen MR) is 138 cm³/mol. The van der Waals surface area contributed by atoms with Crippen molar-refractivity contribution >= 4 is 52.8 Å². The average molecular weight is 547 g/mol. The third-order valence-corrected chi connectivity index (χ3v) is 7.79. The fourth-order valence-corrected chi connectivity index (χ4v) is 5.72. The summed E-state index contributed by atoms with van der Waals surface area (Å²) in [6.07, 6.45) is 2.59. The van der Waals surface area contributed by atoms with Gasteiger partial charge in [-0.15, -0.1) is 24.2 Å². The van der Waals surface area contributed by atoms with E-state index >= 15 is 0 Å². The summed E-state index contributed by atoms with van der Waals surface area (Å²) in [6, 6.07) is 6.24. The summed E-state index contributed by atoms with van der Waals surface area (Å²) >= 11 is 1.40. The predicted octanol–water partition coefficient (Wildman–Crippen LogP) is 2.22. The lowest BCUT2D eigenvalue weighted by Crippen LogP contribution is -2.47. The number of carbonyl (C=O) groups is 2. The minimum Gasteiger partial charge on any atom is -0.486 e. The van der Waals surface area contributed by atoms with Gasteiger partial charge in [0, 0.05) is 31.7 Å². The molecule has 194 valence electrons. The summed E-state index contributed by atoms with van der Waals surface area (Å²) in [4.78, 5) is 48.6. The number of carbonyl (C=O) groups excluding carboxylic acids is 2. The van der Waals surface area contributed by atoms with Gasteiger partial charge in [-0.1, -0.05) is 0 Å². The van der Waals surface area contributed by atoms with Crippen molar-refractivity contribution in [2.45, 2.75) is 29.8 Å². The van der Waals surface area contributed by atoms with Crippen molar-refractivity contribution in [1.82, 2.24) is 24.8 Å². The summed E-state index contributed by atoms with van der Waals surface area (Å²) < 4.78 is 21.6. The molecule has 0 spiro atoms. The largest absolute Gasteiger partial charge is 0.486 e. The van der Waals surface area contributed by atoms with E-state index in [0.29, 0.717) is 29.1 Å². The summed E-state index contributed by atoms with van der Waals surface area (Å²) in [5.74, 6) is -0.135. The van der Waals surface area contributed by atoms with Crippen LogP contribution in [0.2, 0.25) is 0 Å². The molecule has 13 heteroatoms. The van der Waals surface area contributed by atoms with Crippen LogP contribution >= 0.6 is 24.2 Å². The number of piperidine rings is 1. The highest BCUT2D eigenvalue weighted by Crippen LogP contribution is 2.33. The van der Waals surface area contributed by atoms with Crippen molar-refractivity contribution in [1.29, 1.82) is 0 Å². The van der Waals surface area contributed by atoms with Crippen molar-refractivity contribution < 1.29 is 18.7 Å². The van der Waals surface area contributed by atoms with Gasteiger partial charge in [-0.05, 0) is 31.0 Å². The first kappa shape index (κ1) is 25.4. The Morgan fingerprint density at radius 3 is 2.84 bits per heavy atom. The van der Waals surface area contributed by atoms with E-state index in [0.717, 1.165) is 37.0 Å². The van der Waals surface area contributed by atoms with Gasteiger partial charge in [0.05, 0.1) is 28.4 Å². The van der Waals surface area contributed by atoms with Crippen LogP contribution < -0.4 is 20.9 Å². The molecule has 37 heavy (non-hydrogen) atoms. The van der Waals surface area contributed by atoms with Crippen molar-refractivity contribution in [3.05, 3.63) is 52.3 Å². The molecule has 6 rings (SSSR count). The topological polar surface area (TPSA) is 118 Å². The Balaban J connectivity index is 0.00000280. The highest BCUT2D eigenvalue weighted by molar-refractivity contribution is 8.00. The van der Waals surface area contributed by atoms with Crippen molar-refractivity contribution in [3.63, 3.8) is 0 Å². The number of aromatic nitrogens is 3. The molecule has 0 aliphatic carbocycles. The quantitative estimate of drug-likeness (QED) is 0.511. The van der Waals surface area contributed by atoms with Gasteiger partial charge in [0.2, 0.25) is 5.91 Å². The van der Waals surface area contributed by atoms with Crippen LogP contribution in [-0.2, 0) is 4.79 Å². The number of hydrogen-bond acceptors (Lipinski definition) is 8. The van der Waals surface area contributed by atoms with Crippen molar-refractivity contribution in [2.75, 3.05) is 37.3 Å². The summed E-state index contributed by atoms with van der Waals surface area (Å²) in [5, 5.41) is 5.75. The number of anilines is 1. The minimum absolute atomic E-state index is 0. The lowest BCUT2D eigenvalue weighted by atomic mass is 10.0. The molecule has 10 nitrogen and oxygen atoms in total. The van der Waals surface area contributed by atoms with Gasteiger partial charge in [0.1, 0.15) is 23.6 Å². The van der Waals surface area contributed by atoms with E-state index in [1.165, 1.54) is 17.8 Å². The van der Waals surface area contributed by atoms with Crippen LogP contribution in [0.4, 0.5) is 10.2 Å². The first-order valence-corrected chi connectivity index (χ1v) is 12.7. The third-order valence-electron chi connectivity index (χ3n) is 6.74. The zero-order valence-corrected chi connectivity index (χ0v) is 21.2. The number of pyridine rings is 3. The van der Waals surface area contributed by atoms with Crippen LogP contribution in [0, 0.1) is 5.82 Å². The molecule has 1 saturated heterocycles. The Kier molecular flexibility index (Phi) is 7.06. The molecular formula is C24H24ClFN6O4S. The molecule has 3 aromatic rings. The van der Waals surface area contributed by atoms with Gasteiger partial charge < -0.3 is 20.3 Å². The maximum absolute atomic E-state index is 14.2. The van der Waals surface area contributed by atoms with Crippen LogP contribution in [0.25, 0.3) is 11.0 Å². The fourth-order valence-electron chi connectivity index (χ4n) is 4.97. The van der Waals surface area contributed by atoms with E-state index in [4.69, 9.17) is 4.74 Å². The maximum Gasteiger partial charge on any atom is 0.270 e. The summed E-state index contributed by atoms with van der Waals surface area (Å²) in [7, 11) is 0. The second kappa shape index (κ2) is 10.3. The van der Waals surface area contributed by atoms with Gasteiger partial charge in [0.15, 0.2) is 11.6 Å². The Hall–Kier alpha value is -3.22. The zero-order chi connectivity index (χ0) is 24.8. The number of thioether (sulfide) groups is 1. The van der Waals surface area contributed by atoms with E-state index in [1.807, 2.05) is 0 Å². The highest BCUT2D eigenvalue weighted by Gasteiger charge is 2.30. The van der Waals surface area contributed by atoms with Gasteiger partial charge in [0.25, 0.3) is 11.5 Å². The first-order valence-electron chi connectivity index (χ1n) is 11.8. The van der Waals surface area contributed by atoms with E-state index in [9.17, 15) is 18.8 Å². The smallest absolute Gasteiger partial charge is 0.270 e. The molecule has 2 amide bonds. The number of rotatable bonds is 4. The number of hydrogen-bond donors (Lipinski definition) is 2. The number of nitrogens with one attached hydrogen (secondary N) is 2. The van der Waals surface area contributed by atoms with Gasteiger partial charge in [-0.25, -0.2) is 9.37 Å². The molecule has 1 fully saturated rings. The van der Waals surface area contributed by atoms with E-state index < -0.39 is 5.82 Å². The van der Waals surface area contributed by atoms with E-state index in [2.05, 4.69) is 25.5 Å². The SMILES string of the molecule is Cl.O=C1CSc2ccc(C(=O)NC3CCN(C[C@@H]4COc5c(F)cnc6ccc(=O)n4c56)CC3)nc2N1. The third kappa shape index (κ3) is 4.88. The fraction of sp³-hybridized carbons (Fsp3) is 0.375. The number of halogens is 2. The average Bonchev–Trinajstić information content (AvgIpc) is 2.88. The monoisotopic (exact) mass is 546 g/mol. The second-order valence-electron chi connectivity index (χ2n) is 9.10. The van der Waals surface area contributed by atoms with Crippen LogP contribution in [-0.4, -0.2) is 69.3 Å². The Labute approximate surface area is 221 Å². The lowest BCUT2D eigenvalue weighted by Gasteiger charge is -2.36. The van der Waals surface area contributed by atoms with E-state index in [-0.39, 0.29) is 59.9 Å². The highest BCUT2D eigenvalue weighted by atomic mass is 35.5. The molecule has 3 aliphatic rings. The molecule has 0 unspecified atom stereocenters. The number of likely N-dealkylation sites (tertiary alicyclic amines) is 1. The van der Waals surface area contributed by atoms with Gasteiger partial charge in [-0.3, -0.25) is 23.9 Å². The molecule has 1 atom stereocenters. The second-order valence-corrected chi connectivity index (χ2v) is 10.1. The number of amides is 2. The standard InChI is InChI=1S/C24H23FN6O4S.ClH/c25-15-9-26-16-2-4-20(33)31-14(11-35-22(15)21(16)31)10-30-7-5-13(6-8-30)27-24(34)17-1-3-18-23(28-17)29-19(32)12-36-18;/h1-4,9,13-14H,5-8,10-12H2,(H,27,34)(H,28,29,32);1H/t14-;/m1./s1. The summed E-state index contributed by atoms with van der Waals surface area (Å²) in [5.41, 5.74) is 0.975. The molecule has 3 aliphatic heterocycles. The number of nitrogens with zero attached hydrogens (tertiary/aromatic N) is 4. The number of fused-ring (bicyclic) bond motifs is 1. The minimum atomic E-state index is -0.577. The van der Waals surface area contributed by atoms with Crippen LogP contribution in [0.1, 0.15) is 29.4 Å². The molecule has 0 bridgehead atoms. The Bertz CT molecular complexity index is 1440. The van der Waals surface area contributed by atoms with Crippen molar-refractivity contribution in [3.8, 4) is 5.75 Å². The van der Waals surface area contributed by atoms with E-state index in [1.54, 1.807) is 22.8 Å². The molecule has 0 saturated carbocycles. The maximum atomic E-state index is 14.2. The van der Waals surface area contributed by atoms with Crippen molar-refractivity contribution in [2.24, 2.45) is 0 Å². The first-order chi connectivity index (χ1) is 17.5. The van der Waals surface area contributed by atoms with Crippen LogP contribution in [0.15, 0.2) is 40.2 Å². The molecule has 0 radical (unpaired) electrons. The Morgan fingerprint density at radius 2 is 2.03 bits per heavy atom. The molecular weight excluding hydrogens is 523 g/mol. The molecule has 0 aromatic carbocycles. The molecule has 2 N–H and O–H groups in total. The van der Waals surface area contributed by atoms with Gasteiger partial charge in [-0.2, -0.15) is 0 Å². The lowest BCUT2D eigenvalue weighted by molar-refractivity contribution is -0.113. The number of ether oxygens (including phenoxy) is 1. The Morgan fingerprint density at radius 1 is 1.22 bits per heavy atom. The van der Waals surface area contributed by atoms with Gasteiger partial charge >= 0.3 is 0 Å². The van der Waals surface area contributed by atoms with Crippen LogP contribution in [0.5, 0.6) is 5.75 Å². The molecule has 3 aromatic heterocycles. The summed E-state index contributed by atoms with van der Waals surface area (Å²) in [6.45, 7) is 2.22. The zero-order valence-electron chi connectivity index (χ0n) is 19.6.